The number of carbonyl (C=O) groups is 1. The standard InChI is InChI=1S/C24H16OS3/c25-22(18-12-6-2-7-13-18)24-23(19-14-8-3-9-15-19)27-21(28-24)16-20(26)17-10-4-1-5-11-17/h1-16H/b21-16+. The Bertz CT molecular complexity index is 1070. The van der Waals surface area contributed by atoms with Crippen molar-refractivity contribution in [2.24, 2.45) is 0 Å². The third-order valence-corrected chi connectivity index (χ3v) is 7.06. The van der Waals surface area contributed by atoms with Crippen LogP contribution in [-0.2, 0) is 0 Å². The molecule has 1 aliphatic heterocycles. The quantitative estimate of drug-likeness (QED) is 0.253. The fourth-order valence-corrected chi connectivity index (χ4v) is 5.75. The summed E-state index contributed by atoms with van der Waals surface area (Å²) in [7, 11) is 0. The fourth-order valence-electron chi connectivity index (χ4n) is 2.82. The van der Waals surface area contributed by atoms with Crippen LogP contribution in [0.25, 0.3) is 4.91 Å². The van der Waals surface area contributed by atoms with Gasteiger partial charge >= 0.3 is 0 Å². The average molecular weight is 417 g/mol. The van der Waals surface area contributed by atoms with Gasteiger partial charge in [0.05, 0.1) is 9.14 Å². The van der Waals surface area contributed by atoms with Gasteiger partial charge in [-0.1, -0.05) is 127 Å². The van der Waals surface area contributed by atoms with Gasteiger partial charge in [-0.3, -0.25) is 4.79 Å². The number of hydrogen-bond acceptors (Lipinski definition) is 4. The Kier molecular flexibility index (Phi) is 5.91. The number of hydrogen-bond donors (Lipinski definition) is 0. The molecular formula is C24H16OS3. The van der Waals surface area contributed by atoms with Gasteiger partial charge in [-0.15, -0.1) is 0 Å². The van der Waals surface area contributed by atoms with Crippen molar-refractivity contribution >= 4 is 51.3 Å². The number of Topliss-reactive ketones (excluding diaryl/α,β-unsaturated/α-hetero) is 1. The molecule has 0 spiro atoms. The first-order valence-electron chi connectivity index (χ1n) is 8.78. The highest BCUT2D eigenvalue weighted by Crippen LogP contribution is 2.54. The van der Waals surface area contributed by atoms with Crippen LogP contribution in [0.15, 0.2) is 106 Å². The first-order chi connectivity index (χ1) is 13.7. The summed E-state index contributed by atoms with van der Waals surface area (Å²) < 4.78 is 1.02. The lowest BCUT2D eigenvalue weighted by Gasteiger charge is -2.05. The fraction of sp³-hybridized carbons (Fsp3) is 0. The van der Waals surface area contributed by atoms with Crippen molar-refractivity contribution in [3.8, 4) is 0 Å². The molecule has 0 saturated heterocycles. The summed E-state index contributed by atoms with van der Waals surface area (Å²) in [6.45, 7) is 0. The Morgan fingerprint density at radius 2 is 1.25 bits per heavy atom. The highest BCUT2D eigenvalue weighted by molar-refractivity contribution is 8.32. The zero-order valence-electron chi connectivity index (χ0n) is 14.9. The summed E-state index contributed by atoms with van der Waals surface area (Å²) >= 11 is 8.72. The predicted molar refractivity (Wildman–Crippen MR) is 126 cm³/mol. The van der Waals surface area contributed by atoms with Gasteiger partial charge in [0.25, 0.3) is 0 Å². The van der Waals surface area contributed by atoms with E-state index in [0.717, 1.165) is 30.0 Å². The molecule has 28 heavy (non-hydrogen) atoms. The van der Waals surface area contributed by atoms with Gasteiger partial charge in [0.1, 0.15) is 0 Å². The number of benzene rings is 3. The Hall–Kier alpha value is -2.40. The normalized spacial score (nSPS) is 15.1. The molecule has 4 heteroatoms. The Labute approximate surface area is 178 Å². The van der Waals surface area contributed by atoms with E-state index in [1.165, 1.54) is 11.8 Å². The summed E-state index contributed by atoms with van der Waals surface area (Å²) in [5, 5.41) is 0. The van der Waals surface area contributed by atoms with Crippen LogP contribution >= 0.6 is 35.7 Å². The molecule has 0 unspecified atom stereocenters. The summed E-state index contributed by atoms with van der Waals surface area (Å²) in [5.41, 5.74) is 2.76. The summed E-state index contributed by atoms with van der Waals surface area (Å²) in [6, 6.07) is 29.4. The van der Waals surface area contributed by atoms with Crippen molar-refractivity contribution in [3.63, 3.8) is 0 Å². The molecule has 0 aromatic heterocycles. The highest BCUT2D eigenvalue weighted by Gasteiger charge is 2.28. The van der Waals surface area contributed by atoms with Crippen molar-refractivity contribution in [1.29, 1.82) is 0 Å². The van der Waals surface area contributed by atoms with Crippen molar-refractivity contribution in [2.75, 3.05) is 0 Å². The number of allylic oxidation sites excluding steroid dienone is 2. The van der Waals surface area contributed by atoms with Crippen molar-refractivity contribution in [1.82, 2.24) is 0 Å². The van der Waals surface area contributed by atoms with Gasteiger partial charge in [-0.25, -0.2) is 0 Å². The first-order valence-corrected chi connectivity index (χ1v) is 10.8. The molecule has 0 fully saturated rings. The third kappa shape index (κ3) is 4.20. The van der Waals surface area contributed by atoms with Gasteiger partial charge < -0.3 is 0 Å². The van der Waals surface area contributed by atoms with E-state index in [1.807, 2.05) is 97.1 Å². The molecule has 4 rings (SSSR count). The first kappa shape index (κ1) is 18.9. The number of rotatable bonds is 5. The molecule has 136 valence electrons. The molecular weight excluding hydrogens is 400 g/mol. The van der Waals surface area contributed by atoms with Crippen LogP contribution in [-0.4, -0.2) is 10.6 Å². The number of thioether (sulfide) groups is 2. The molecule has 0 atom stereocenters. The predicted octanol–water partition coefficient (Wildman–Crippen LogP) is 6.98. The second kappa shape index (κ2) is 8.74. The molecule has 0 bridgehead atoms. The highest BCUT2D eigenvalue weighted by atomic mass is 32.2. The molecule has 1 heterocycles. The van der Waals surface area contributed by atoms with E-state index in [9.17, 15) is 4.79 Å². The maximum atomic E-state index is 13.2. The second-order valence-corrected chi connectivity index (χ2v) is 8.92. The monoisotopic (exact) mass is 416 g/mol. The summed E-state index contributed by atoms with van der Waals surface area (Å²) in [6.07, 6.45) is 1.99. The topological polar surface area (TPSA) is 17.1 Å². The number of ketones is 1. The van der Waals surface area contributed by atoms with Crippen molar-refractivity contribution in [3.05, 3.63) is 123 Å². The van der Waals surface area contributed by atoms with Gasteiger partial charge in [-0.2, -0.15) is 0 Å². The van der Waals surface area contributed by atoms with E-state index in [0.29, 0.717) is 5.56 Å². The summed E-state index contributed by atoms with van der Waals surface area (Å²) in [5.74, 6) is 0.0472. The van der Waals surface area contributed by atoms with Crippen LogP contribution in [0, 0.1) is 0 Å². The van der Waals surface area contributed by atoms with E-state index < -0.39 is 0 Å². The zero-order chi connectivity index (χ0) is 19.3. The van der Waals surface area contributed by atoms with Crippen LogP contribution in [0.2, 0.25) is 0 Å². The van der Waals surface area contributed by atoms with Gasteiger partial charge in [0, 0.05) is 15.3 Å². The average Bonchev–Trinajstić information content (AvgIpc) is 3.19. The van der Waals surface area contributed by atoms with Crippen LogP contribution in [0.5, 0.6) is 0 Å². The zero-order valence-corrected chi connectivity index (χ0v) is 17.3. The van der Waals surface area contributed by atoms with Crippen LogP contribution in [0.1, 0.15) is 21.5 Å². The maximum Gasteiger partial charge on any atom is 0.200 e. The van der Waals surface area contributed by atoms with E-state index in [4.69, 9.17) is 12.2 Å². The number of thiocarbonyl (C=S) groups is 1. The van der Waals surface area contributed by atoms with Gasteiger partial charge in [0.2, 0.25) is 5.78 Å². The minimum Gasteiger partial charge on any atom is -0.288 e. The molecule has 1 nitrogen and oxygen atoms in total. The second-order valence-electron chi connectivity index (χ2n) is 6.12. The minimum absolute atomic E-state index is 0.0472. The smallest absolute Gasteiger partial charge is 0.200 e. The lowest BCUT2D eigenvalue weighted by atomic mass is 10.1. The van der Waals surface area contributed by atoms with Crippen LogP contribution in [0.3, 0.4) is 0 Å². The molecule has 1 aliphatic rings. The SMILES string of the molecule is O=C(C1=C(c2ccccc2)S/C(=C\C(=S)c2ccccc2)S1)c1ccccc1. The molecule has 0 radical (unpaired) electrons. The van der Waals surface area contributed by atoms with Gasteiger partial charge in [0.15, 0.2) is 0 Å². The minimum atomic E-state index is 0.0472. The molecule has 0 saturated carbocycles. The molecule has 0 amide bonds. The molecule has 3 aromatic carbocycles. The van der Waals surface area contributed by atoms with Crippen LogP contribution in [0.4, 0.5) is 0 Å². The lowest BCUT2D eigenvalue weighted by Crippen LogP contribution is -2.00. The Balaban J connectivity index is 1.69. The Morgan fingerprint density at radius 1 is 0.714 bits per heavy atom. The van der Waals surface area contributed by atoms with Crippen molar-refractivity contribution < 1.29 is 4.79 Å². The van der Waals surface area contributed by atoms with Crippen molar-refractivity contribution in [2.45, 2.75) is 0 Å². The largest absolute Gasteiger partial charge is 0.288 e. The van der Waals surface area contributed by atoms with E-state index in [2.05, 4.69) is 0 Å². The van der Waals surface area contributed by atoms with Crippen LogP contribution < -0.4 is 0 Å². The van der Waals surface area contributed by atoms with E-state index >= 15 is 0 Å². The third-order valence-electron chi connectivity index (χ3n) is 4.20. The van der Waals surface area contributed by atoms with E-state index in [-0.39, 0.29) is 5.78 Å². The van der Waals surface area contributed by atoms with E-state index in [1.54, 1.807) is 11.8 Å². The molecule has 3 aromatic rings. The molecule has 0 N–H and O–H groups in total. The number of carbonyl (C=O) groups excluding carboxylic acids is 1. The van der Waals surface area contributed by atoms with Gasteiger partial charge in [-0.05, 0) is 17.2 Å². The maximum absolute atomic E-state index is 13.2. The molecule has 0 aliphatic carbocycles. The lowest BCUT2D eigenvalue weighted by molar-refractivity contribution is 0.104. The Morgan fingerprint density at radius 3 is 1.86 bits per heavy atom. The summed E-state index contributed by atoms with van der Waals surface area (Å²) in [4.78, 5) is 15.7.